The average molecular weight is 311 g/mol. The second-order valence-corrected chi connectivity index (χ2v) is 5.15. The molecule has 0 fully saturated rings. The first-order valence-corrected chi connectivity index (χ1v) is 7.35. The number of para-hydroxylation sites is 1. The number of carbonyl (C=O) groups is 2. The molecule has 0 saturated heterocycles. The molecule has 0 saturated carbocycles. The van der Waals surface area contributed by atoms with Crippen LogP contribution in [-0.4, -0.2) is 29.6 Å². The smallest absolute Gasteiger partial charge is 0.326 e. The summed E-state index contributed by atoms with van der Waals surface area (Å²) in [4.78, 5) is 22.9. The Morgan fingerprint density at radius 2 is 2.05 bits per heavy atom. The van der Waals surface area contributed by atoms with E-state index in [0.29, 0.717) is 12.8 Å². The van der Waals surface area contributed by atoms with Gasteiger partial charge < -0.3 is 15.2 Å². The van der Waals surface area contributed by atoms with Gasteiger partial charge in [0.15, 0.2) is 11.6 Å². The largest absolute Gasteiger partial charge is 0.491 e. The van der Waals surface area contributed by atoms with Gasteiger partial charge in [0.25, 0.3) is 0 Å². The third kappa shape index (κ3) is 5.71. The summed E-state index contributed by atoms with van der Waals surface area (Å²) in [6.07, 6.45) is 1.18. The molecule has 2 atom stereocenters. The van der Waals surface area contributed by atoms with Crippen molar-refractivity contribution in [1.29, 1.82) is 0 Å². The fourth-order valence-corrected chi connectivity index (χ4v) is 1.91. The number of amides is 1. The van der Waals surface area contributed by atoms with E-state index in [1.807, 2.05) is 6.92 Å². The Hall–Kier alpha value is -2.11. The Morgan fingerprint density at radius 1 is 1.36 bits per heavy atom. The van der Waals surface area contributed by atoms with Crippen LogP contribution in [0.25, 0.3) is 0 Å². The lowest BCUT2D eigenvalue weighted by Crippen LogP contribution is -2.45. The second-order valence-electron chi connectivity index (χ2n) is 5.15. The van der Waals surface area contributed by atoms with E-state index in [1.54, 1.807) is 19.1 Å². The van der Waals surface area contributed by atoms with Crippen molar-refractivity contribution in [2.24, 2.45) is 5.92 Å². The van der Waals surface area contributed by atoms with Gasteiger partial charge in [0.2, 0.25) is 5.91 Å². The Bertz CT molecular complexity index is 507. The zero-order valence-electron chi connectivity index (χ0n) is 12.8. The van der Waals surface area contributed by atoms with Crippen molar-refractivity contribution in [3.8, 4) is 5.75 Å². The van der Waals surface area contributed by atoms with Gasteiger partial charge >= 0.3 is 5.97 Å². The standard InChI is InChI=1S/C16H22FNO4/c1-3-11(2)15(16(20)21)18-14(19)9-6-10-22-13-8-5-4-7-12(13)17/h4-5,7-8,11,15H,3,6,9-10H2,1-2H3,(H,18,19)(H,20,21). The summed E-state index contributed by atoms with van der Waals surface area (Å²) in [6.45, 7) is 3.84. The lowest BCUT2D eigenvalue weighted by molar-refractivity contribution is -0.143. The van der Waals surface area contributed by atoms with Crippen molar-refractivity contribution in [2.45, 2.75) is 39.2 Å². The van der Waals surface area contributed by atoms with Crippen molar-refractivity contribution in [3.05, 3.63) is 30.1 Å². The molecule has 1 rings (SSSR count). The van der Waals surface area contributed by atoms with E-state index in [0.717, 1.165) is 0 Å². The highest BCUT2D eigenvalue weighted by Crippen LogP contribution is 2.15. The Labute approximate surface area is 129 Å². The van der Waals surface area contributed by atoms with Gasteiger partial charge in [0.1, 0.15) is 6.04 Å². The van der Waals surface area contributed by atoms with Crippen LogP contribution in [0, 0.1) is 11.7 Å². The molecule has 22 heavy (non-hydrogen) atoms. The molecule has 6 heteroatoms. The summed E-state index contributed by atoms with van der Waals surface area (Å²) in [5, 5.41) is 11.6. The maximum absolute atomic E-state index is 13.3. The number of nitrogens with one attached hydrogen (secondary N) is 1. The first-order valence-electron chi connectivity index (χ1n) is 7.35. The molecule has 0 heterocycles. The van der Waals surface area contributed by atoms with Crippen LogP contribution in [0.3, 0.4) is 0 Å². The second kappa shape index (κ2) is 9.02. The van der Waals surface area contributed by atoms with E-state index in [1.165, 1.54) is 12.1 Å². The third-order valence-corrected chi connectivity index (χ3v) is 3.44. The zero-order valence-corrected chi connectivity index (χ0v) is 12.8. The SMILES string of the molecule is CCC(C)C(NC(=O)CCCOc1ccccc1F)C(=O)O. The molecule has 5 nitrogen and oxygen atoms in total. The van der Waals surface area contributed by atoms with Crippen LogP contribution in [0.15, 0.2) is 24.3 Å². The number of carbonyl (C=O) groups excluding carboxylic acids is 1. The van der Waals surface area contributed by atoms with Gasteiger partial charge in [-0.1, -0.05) is 32.4 Å². The number of ether oxygens (including phenoxy) is 1. The van der Waals surface area contributed by atoms with E-state index < -0.39 is 17.8 Å². The minimum atomic E-state index is -1.04. The average Bonchev–Trinajstić information content (AvgIpc) is 2.49. The number of carboxylic acids is 1. The molecule has 0 aromatic heterocycles. The van der Waals surface area contributed by atoms with Crippen molar-refractivity contribution >= 4 is 11.9 Å². The van der Waals surface area contributed by atoms with E-state index in [2.05, 4.69) is 5.32 Å². The van der Waals surface area contributed by atoms with Crippen LogP contribution in [0.5, 0.6) is 5.75 Å². The van der Waals surface area contributed by atoms with Crippen LogP contribution in [0.1, 0.15) is 33.1 Å². The predicted molar refractivity (Wildman–Crippen MR) is 80.2 cm³/mol. The molecule has 1 aromatic rings. The topological polar surface area (TPSA) is 75.6 Å². The number of aliphatic carboxylic acids is 1. The molecular formula is C16H22FNO4. The summed E-state index contributed by atoms with van der Waals surface area (Å²) < 4.78 is 18.5. The van der Waals surface area contributed by atoms with Gasteiger partial charge in [0.05, 0.1) is 6.61 Å². The van der Waals surface area contributed by atoms with E-state index >= 15 is 0 Å². The lowest BCUT2D eigenvalue weighted by atomic mass is 9.99. The molecule has 2 N–H and O–H groups in total. The molecular weight excluding hydrogens is 289 g/mol. The van der Waals surface area contributed by atoms with Gasteiger partial charge in [-0.3, -0.25) is 4.79 Å². The summed E-state index contributed by atoms with van der Waals surface area (Å²) in [5.41, 5.74) is 0. The Kier molecular flexibility index (Phi) is 7.36. The minimum absolute atomic E-state index is 0.134. The minimum Gasteiger partial charge on any atom is -0.491 e. The first kappa shape index (κ1) is 17.9. The van der Waals surface area contributed by atoms with E-state index in [9.17, 15) is 14.0 Å². The Balaban J connectivity index is 2.34. The summed E-state index contributed by atoms with van der Waals surface area (Å²) in [7, 11) is 0. The fraction of sp³-hybridized carbons (Fsp3) is 0.500. The van der Waals surface area contributed by atoms with Gasteiger partial charge in [-0.25, -0.2) is 9.18 Å². The Morgan fingerprint density at radius 3 is 2.64 bits per heavy atom. The van der Waals surface area contributed by atoms with Crippen molar-refractivity contribution in [2.75, 3.05) is 6.61 Å². The van der Waals surface area contributed by atoms with Crippen LogP contribution in [0.4, 0.5) is 4.39 Å². The highest BCUT2D eigenvalue weighted by Gasteiger charge is 2.24. The van der Waals surface area contributed by atoms with Gasteiger partial charge in [-0.05, 0) is 24.5 Å². The molecule has 0 radical (unpaired) electrons. The van der Waals surface area contributed by atoms with Crippen LogP contribution in [-0.2, 0) is 9.59 Å². The maximum Gasteiger partial charge on any atom is 0.326 e. The van der Waals surface area contributed by atoms with Crippen LogP contribution in [0.2, 0.25) is 0 Å². The molecule has 122 valence electrons. The zero-order chi connectivity index (χ0) is 16.5. The highest BCUT2D eigenvalue weighted by atomic mass is 19.1. The lowest BCUT2D eigenvalue weighted by Gasteiger charge is -2.20. The van der Waals surface area contributed by atoms with Crippen molar-refractivity contribution < 1.29 is 23.8 Å². The summed E-state index contributed by atoms with van der Waals surface area (Å²) in [6, 6.07) is 5.15. The molecule has 0 aliphatic heterocycles. The van der Waals surface area contributed by atoms with E-state index in [4.69, 9.17) is 9.84 Å². The first-order chi connectivity index (χ1) is 10.5. The molecule has 2 unspecified atom stereocenters. The highest BCUT2D eigenvalue weighted by molar-refractivity contribution is 5.83. The number of hydrogen-bond acceptors (Lipinski definition) is 3. The number of rotatable bonds is 9. The number of benzene rings is 1. The molecule has 0 aliphatic rings. The molecule has 0 spiro atoms. The normalized spacial score (nSPS) is 13.2. The number of carboxylic acid groups (broad SMARTS) is 1. The maximum atomic E-state index is 13.3. The van der Waals surface area contributed by atoms with Crippen LogP contribution >= 0.6 is 0 Å². The van der Waals surface area contributed by atoms with E-state index in [-0.39, 0.29) is 30.6 Å². The van der Waals surface area contributed by atoms with Gasteiger partial charge in [-0.2, -0.15) is 0 Å². The fourth-order valence-electron chi connectivity index (χ4n) is 1.91. The van der Waals surface area contributed by atoms with Gasteiger partial charge in [-0.15, -0.1) is 0 Å². The quantitative estimate of drug-likeness (QED) is 0.687. The molecule has 0 aliphatic carbocycles. The monoisotopic (exact) mass is 311 g/mol. The molecule has 1 aromatic carbocycles. The number of halogens is 1. The van der Waals surface area contributed by atoms with Crippen LogP contribution < -0.4 is 10.1 Å². The van der Waals surface area contributed by atoms with Crippen molar-refractivity contribution in [3.63, 3.8) is 0 Å². The molecule has 0 bridgehead atoms. The predicted octanol–water partition coefficient (Wildman–Crippen LogP) is 2.60. The summed E-state index contributed by atoms with van der Waals surface area (Å²) in [5.74, 6) is -1.83. The summed E-state index contributed by atoms with van der Waals surface area (Å²) >= 11 is 0. The number of hydrogen-bond donors (Lipinski definition) is 2. The molecule has 1 amide bonds. The van der Waals surface area contributed by atoms with Crippen molar-refractivity contribution in [1.82, 2.24) is 5.32 Å². The third-order valence-electron chi connectivity index (χ3n) is 3.44. The van der Waals surface area contributed by atoms with Gasteiger partial charge in [0, 0.05) is 6.42 Å².